The quantitative estimate of drug-likeness (QED) is 0.917. The number of nitrogens with one attached hydrogen (secondary N) is 1. The molecule has 0 radical (unpaired) electrons. The van der Waals surface area contributed by atoms with Crippen molar-refractivity contribution in [2.45, 2.75) is 32.2 Å². The molecule has 2 aliphatic heterocycles. The fourth-order valence-corrected chi connectivity index (χ4v) is 3.93. The number of hydrogen-bond donors (Lipinski definition) is 1. The molecule has 2 unspecified atom stereocenters. The molecule has 2 heterocycles. The van der Waals surface area contributed by atoms with Crippen LogP contribution in [0.4, 0.5) is 0 Å². The summed E-state index contributed by atoms with van der Waals surface area (Å²) in [6, 6.07) is 9.22. The number of halogens is 1. The normalized spacial score (nSPS) is 26.6. The maximum absolute atomic E-state index is 5.40. The number of benzene rings is 1. The molecule has 1 aromatic rings. The molecule has 124 valence electrons. The zero-order valence-corrected chi connectivity index (χ0v) is 14.6. The van der Waals surface area contributed by atoms with E-state index in [9.17, 15) is 0 Å². The molecular weight excluding hydrogens is 296 g/mol. The Hall–Kier alpha value is -0.770. The lowest BCUT2D eigenvalue weighted by Crippen LogP contribution is -2.36. The lowest BCUT2D eigenvalue weighted by atomic mass is 9.96. The number of hydrogen-bond acceptors (Lipinski definition) is 3. The van der Waals surface area contributed by atoms with Crippen LogP contribution in [0.5, 0.6) is 5.75 Å². The Morgan fingerprint density at radius 2 is 2.05 bits per heavy atom. The highest BCUT2D eigenvalue weighted by Gasteiger charge is 2.32. The van der Waals surface area contributed by atoms with Gasteiger partial charge in [-0.25, -0.2) is 0 Å². The third-order valence-electron chi connectivity index (χ3n) is 5.04. The molecule has 0 amide bonds. The summed E-state index contributed by atoms with van der Waals surface area (Å²) in [6.45, 7) is 7.27. The van der Waals surface area contributed by atoms with Gasteiger partial charge in [0.05, 0.1) is 7.11 Å². The Balaban J connectivity index is 0.00000176. The van der Waals surface area contributed by atoms with Crippen LogP contribution in [0.25, 0.3) is 0 Å². The van der Waals surface area contributed by atoms with Crippen LogP contribution in [0, 0.1) is 11.8 Å². The average Bonchev–Trinajstić information content (AvgIpc) is 2.89. The average molecular weight is 325 g/mol. The van der Waals surface area contributed by atoms with E-state index in [2.05, 4.69) is 35.3 Å². The van der Waals surface area contributed by atoms with Gasteiger partial charge in [0.15, 0.2) is 0 Å². The van der Waals surface area contributed by atoms with Crippen molar-refractivity contribution >= 4 is 12.4 Å². The highest BCUT2D eigenvalue weighted by Crippen LogP contribution is 2.37. The fraction of sp³-hybridized carbons (Fsp3) is 0.667. The molecule has 0 bridgehead atoms. The van der Waals surface area contributed by atoms with Gasteiger partial charge in [0, 0.05) is 19.1 Å². The van der Waals surface area contributed by atoms with Gasteiger partial charge in [0.1, 0.15) is 5.75 Å². The number of rotatable bonds is 4. The van der Waals surface area contributed by atoms with Gasteiger partial charge in [-0.05, 0) is 61.9 Å². The molecule has 22 heavy (non-hydrogen) atoms. The van der Waals surface area contributed by atoms with Crippen LogP contribution in [0.15, 0.2) is 24.3 Å². The Kier molecular flexibility index (Phi) is 6.54. The highest BCUT2D eigenvalue weighted by molar-refractivity contribution is 5.85. The van der Waals surface area contributed by atoms with Crippen molar-refractivity contribution in [3.63, 3.8) is 0 Å². The number of methoxy groups -OCH3 is 1. The van der Waals surface area contributed by atoms with Crippen molar-refractivity contribution in [1.29, 1.82) is 0 Å². The molecule has 1 N–H and O–H groups in total. The minimum Gasteiger partial charge on any atom is -0.497 e. The summed E-state index contributed by atoms with van der Waals surface area (Å²) in [5, 5.41) is 3.47. The van der Waals surface area contributed by atoms with Gasteiger partial charge in [-0.3, -0.25) is 4.90 Å². The van der Waals surface area contributed by atoms with Crippen molar-refractivity contribution in [2.75, 3.05) is 33.3 Å². The van der Waals surface area contributed by atoms with Gasteiger partial charge >= 0.3 is 0 Å². The summed E-state index contributed by atoms with van der Waals surface area (Å²) in [4.78, 5) is 2.72. The van der Waals surface area contributed by atoms with Crippen LogP contribution >= 0.6 is 12.4 Å². The van der Waals surface area contributed by atoms with E-state index in [1.165, 1.54) is 51.0 Å². The van der Waals surface area contributed by atoms with Crippen molar-refractivity contribution < 1.29 is 4.74 Å². The molecule has 0 spiro atoms. The van der Waals surface area contributed by atoms with Crippen LogP contribution in [0.2, 0.25) is 0 Å². The van der Waals surface area contributed by atoms with Gasteiger partial charge < -0.3 is 10.1 Å². The second kappa shape index (κ2) is 8.19. The van der Waals surface area contributed by atoms with Crippen LogP contribution < -0.4 is 10.1 Å². The van der Waals surface area contributed by atoms with Crippen molar-refractivity contribution in [3.05, 3.63) is 29.8 Å². The SMILES string of the molecule is COc1cccc(C2CC(C)CN2CC2CCNCC2)c1.Cl. The van der Waals surface area contributed by atoms with Crippen LogP contribution in [-0.4, -0.2) is 38.2 Å². The largest absolute Gasteiger partial charge is 0.497 e. The van der Waals surface area contributed by atoms with Crippen molar-refractivity contribution in [2.24, 2.45) is 11.8 Å². The van der Waals surface area contributed by atoms with E-state index in [1.807, 2.05) is 6.07 Å². The predicted molar refractivity (Wildman–Crippen MR) is 93.9 cm³/mol. The summed E-state index contributed by atoms with van der Waals surface area (Å²) in [7, 11) is 1.75. The maximum atomic E-state index is 5.40. The van der Waals surface area contributed by atoms with E-state index in [1.54, 1.807) is 7.11 Å². The second-order valence-electron chi connectivity index (χ2n) is 6.78. The van der Waals surface area contributed by atoms with Gasteiger partial charge in [0.25, 0.3) is 0 Å². The first-order valence-electron chi connectivity index (χ1n) is 8.35. The molecule has 2 aliphatic rings. The molecule has 3 rings (SSSR count). The third-order valence-corrected chi connectivity index (χ3v) is 5.04. The topological polar surface area (TPSA) is 24.5 Å². The minimum atomic E-state index is 0. The maximum Gasteiger partial charge on any atom is 0.119 e. The predicted octanol–water partition coefficient (Wildman–Crippen LogP) is 3.50. The summed E-state index contributed by atoms with van der Waals surface area (Å²) < 4.78 is 5.40. The summed E-state index contributed by atoms with van der Waals surface area (Å²) in [6.07, 6.45) is 3.93. The molecule has 2 atom stereocenters. The molecule has 1 aromatic carbocycles. The lowest BCUT2D eigenvalue weighted by molar-refractivity contribution is 0.190. The van der Waals surface area contributed by atoms with Gasteiger partial charge in [-0.2, -0.15) is 0 Å². The molecule has 4 heteroatoms. The van der Waals surface area contributed by atoms with Gasteiger partial charge in [-0.15, -0.1) is 12.4 Å². The smallest absolute Gasteiger partial charge is 0.119 e. The Morgan fingerprint density at radius 3 is 2.77 bits per heavy atom. The summed E-state index contributed by atoms with van der Waals surface area (Å²) in [5.41, 5.74) is 1.42. The molecule has 0 aromatic heterocycles. The number of piperidine rings is 1. The first-order chi connectivity index (χ1) is 10.3. The van der Waals surface area contributed by atoms with Gasteiger partial charge in [-0.1, -0.05) is 19.1 Å². The molecule has 0 aliphatic carbocycles. The zero-order valence-electron chi connectivity index (χ0n) is 13.8. The Labute approximate surface area is 140 Å². The Bertz CT molecular complexity index is 462. The molecule has 3 nitrogen and oxygen atoms in total. The minimum absolute atomic E-state index is 0. The van der Waals surface area contributed by atoms with E-state index >= 15 is 0 Å². The van der Waals surface area contributed by atoms with Crippen LogP contribution in [0.1, 0.15) is 37.8 Å². The summed E-state index contributed by atoms with van der Waals surface area (Å²) in [5.74, 6) is 2.64. The highest BCUT2D eigenvalue weighted by atomic mass is 35.5. The van der Waals surface area contributed by atoms with Crippen LogP contribution in [-0.2, 0) is 0 Å². The second-order valence-corrected chi connectivity index (χ2v) is 6.78. The first kappa shape index (κ1) is 17.6. The van der Waals surface area contributed by atoms with E-state index in [-0.39, 0.29) is 12.4 Å². The monoisotopic (exact) mass is 324 g/mol. The fourth-order valence-electron chi connectivity index (χ4n) is 3.93. The molecule has 0 saturated carbocycles. The van der Waals surface area contributed by atoms with Crippen molar-refractivity contribution in [3.8, 4) is 5.75 Å². The van der Waals surface area contributed by atoms with E-state index < -0.39 is 0 Å². The molecular formula is C18H29ClN2O. The van der Waals surface area contributed by atoms with E-state index in [4.69, 9.17) is 4.74 Å². The van der Waals surface area contributed by atoms with Gasteiger partial charge in [0.2, 0.25) is 0 Å². The first-order valence-corrected chi connectivity index (χ1v) is 8.35. The zero-order chi connectivity index (χ0) is 14.7. The number of nitrogens with zero attached hydrogens (tertiary/aromatic N) is 1. The molecule has 2 fully saturated rings. The Morgan fingerprint density at radius 1 is 1.27 bits per heavy atom. The summed E-state index contributed by atoms with van der Waals surface area (Å²) >= 11 is 0. The number of ether oxygens (including phenoxy) is 1. The van der Waals surface area contributed by atoms with Crippen LogP contribution in [0.3, 0.4) is 0 Å². The number of likely N-dealkylation sites (tertiary alicyclic amines) is 1. The third kappa shape index (κ3) is 4.15. The van der Waals surface area contributed by atoms with E-state index in [0.717, 1.165) is 17.6 Å². The van der Waals surface area contributed by atoms with Crippen molar-refractivity contribution in [1.82, 2.24) is 10.2 Å². The lowest BCUT2D eigenvalue weighted by Gasteiger charge is -2.31. The standard InChI is InChI=1S/C18H28N2O.ClH/c1-14-10-18(16-4-3-5-17(11-16)21-2)20(12-14)13-15-6-8-19-9-7-15;/h3-5,11,14-15,18-19H,6-10,12-13H2,1-2H3;1H. The van der Waals surface area contributed by atoms with E-state index in [0.29, 0.717) is 6.04 Å². The molecule has 2 saturated heterocycles.